The second kappa shape index (κ2) is 13.5. The molecule has 0 spiro atoms. The maximum absolute atomic E-state index is 6.42. The molecule has 7 aromatic carbocycles. The smallest absolute Gasteiger partial charge is 0.137 e. The van der Waals surface area contributed by atoms with Gasteiger partial charge >= 0.3 is 0 Å². The summed E-state index contributed by atoms with van der Waals surface area (Å²) in [5.74, 6) is 0.802. The van der Waals surface area contributed by atoms with Crippen LogP contribution in [0.15, 0.2) is 187 Å². The number of rotatable bonds is 8. The van der Waals surface area contributed by atoms with Crippen LogP contribution in [0.3, 0.4) is 0 Å². The molecule has 0 N–H and O–H groups in total. The summed E-state index contributed by atoms with van der Waals surface area (Å²) in [5.41, 5.74) is 13.3. The van der Waals surface area contributed by atoms with Crippen molar-refractivity contribution in [2.24, 2.45) is 0 Å². The first-order valence-electron chi connectivity index (χ1n) is 18.6. The lowest BCUT2D eigenvalue weighted by atomic mass is 10.0. The quantitative estimate of drug-likeness (QED) is 0.156. The van der Waals surface area contributed by atoms with Crippen LogP contribution in [0.4, 0.5) is 17.1 Å². The van der Waals surface area contributed by atoms with Gasteiger partial charge in [0, 0.05) is 38.1 Å². The standard InChI is InChI=1S/C51H36N2OS/c1-3-16-46-40(4-2)48-45(27-15-28-47(48)54-46)52(38-31-29-35(30-32-38)34-17-7-5-8-18-34)39-22-13-19-36(33-39)41-24-14-25-43-49-51(55-50(41)43)42-23-11-12-26-44(42)53(49)37-20-9-6-10-21-37/h3-33H,2H2,1H3/b16-3-. The lowest BCUT2D eigenvalue weighted by Crippen LogP contribution is -2.10. The number of hydrogen-bond donors (Lipinski definition) is 0. The summed E-state index contributed by atoms with van der Waals surface area (Å²) < 4.78 is 11.4. The van der Waals surface area contributed by atoms with E-state index in [9.17, 15) is 0 Å². The third-order valence-corrected chi connectivity index (χ3v) is 11.7. The van der Waals surface area contributed by atoms with Crippen LogP contribution in [-0.2, 0) is 0 Å². The summed E-state index contributed by atoms with van der Waals surface area (Å²) in [6.07, 6.45) is 5.93. The van der Waals surface area contributed by atoms with E-state index < -0.39 is 0 Å². The van der Waals surface area contributed by atoms with Crippen LogP contribution in [0, 0.1) is 0 Å². The third-order valence-electron chi connectivity index (χ3n) is 10.5. The summed E-state index contributed by atoms with van der Waals surface area (Å²) in [7, 11) is 0. The molecule has 4 heteroatoms. The molecule has 0 unspecified atom stereocenters. The van der Waals surface area contributed by atoms with Crippen molar-refractivity contribution >= 4 is 82.7 Å². The van der Waals surface area contributed by atoms with Gasteiger partial charge in [-0.05, 0) is 89.9 Å². The highest BCUT2D eigenvalue weighted by atomic mass is 32.1. The maximum atomic E-state index is 6.42. The molecule has 0 saturated carbocycles. The van der Waals surface area contributed by atoms with Crippen LogP contribution < -0.4 is 4.90 Å². The summed E-state index contributed by atoms with van der Waals surface area (Å²) >= 11 is 1.88. The summed E-state index contributed by atoms with van der Waals surface area (Å²) in [6, 6.07) is 60.8. The number of benzene rings is 7. The molecule has 0 radical (unpaired) electrons. The number of thiophene rings is 1. The fourth-order valence-corrected chi connectivity index (χ4v) is 9.43. The van der Waals surface area contributed by atoms with Crippen molar-refractivity contribution in [1.29, 1.82) is 0 Å². The van der Waals surface area contributed by atoms with Gasteiger partial charge in [-0.1, -0.05) is 134 Å². The minimum Gasteiger partial charge on any atom is -0.456 e. The highest BCUT2D eigenvalue weighted by Crippen LogP contribution is 2.47. The molecule has 0 amide bonds. The number of allylic oxidation sites excluding steroid dienone is 1. The predicted molar refractivity (Wildman–Crippen MR) is 236 cm³/mol. The first-order valence-corrected chi connectivity index (χ1v) is 19.4. The molecular weight excluding hydrogens is 689 g/mol. The van der Waals surface area contributed by atoms with E-state index in [0.717, 1.165) is 44.9 Å². The topological polar surface area (TPSA) is 21.3 Å². The lowest BCUT2D eigenvalue weighted by Gasteiger charge is -2.27. The number of para-hydroxylation sites is 2. The molecule has 0 aliphatic carbocycles. The van der Waals surface area contributed by atoms with Gasteiger partial charge in [0.1, 0.15) is 11.3 Å². The minimum atomic E-state index is 0.802. The van der Waals surface area contributed by atoms with Gasteiger partial charge in [0.15, 0.2) is 0 Å². The molecule has 0 saturated heterocycles. The number of furan rings is 1. The van der Waals surface area contributed by atoms with Gasteiger partial charge in [-0.15, -0.1) is 11.3 Å². The van der Waals surface area contributed by atoms with E-state index in [1.54, 1.807) is 0 Å². The van der Waals surface area contributed by atoms with E-state index in [2.05, 4.69) is 180 Å². The highest BCUT2D eigenvalue weighted by molar-refractivity contribution is 7.27. The van der Waals surface area contributed by atoms with Gasteiger partial charge in [-0.3, -0.25) is 0 Å². The SMILES string of the molecule is C=Cc1c(/C=C\C)oc2cccc(N(c3ccc(-c4ccccc4)cc3)c3cccc(-c4cccc5c4sc4c6ccccc6n(-c6ccccc6)c54)c3)c12. The molecule has 0 atom stereocenters. The van der Waals surface area contributed by atoms with Crippen LogP contribution >= 0.6 is 11.3 Å². The molecule has 0 fully saturated rings. The first-order chi connectivity index (χ1) is 27.2. The molecule has 3 nitrogen and oxygen atoms in total. The van der Waals surface area contributed by atoms with Crippen molar-refractivity contribution in [3.8, 4) is 27.9 Å². The highest BCUT2D eigenvalue weighted by Gasteiger charge is 2.23. The molecular formula is C51H36N2OS. The Bertz CT molecular complexity index is 3050. The van der Waals surface area contributed by atoms with E-state index in [1.165, 1.54) is 53.6 Å². The Morgan fingerprint density at radius 3 is 2.11 bits per heavy atom. The summed E-state index contributed by atoms with van der Waals surface area (Å²) in [5, 5.41) is 3.56. The molecule has 55 heavy (non-hydrogen) atoms. The van der Waals surface area contributed by atoms with Gasteiger partial charge in [0.25, 0.3) is 0 Å². The van der Waals surface area contributed by atoms with Crippen molar-refractivity contribution in [2.75, 3.05) is 4.90 Å². The Balaban J connectivity index is 1.18. The monoisotopic (exact) mass is 724 g/mol. The average molecular weight is 725 g/mol. The predicted octanol–water partition coefficient (Wildman–Crippen LogP) is 15.2. The summed E-state index contributed by atoms with van der Waals surface area (Å²) in [4.78, 5) is 2.35. The Morgan fingerprint density at radius 2 is 1.31 bits per heavy atom. The molecule has 262 valence electrons. The van der Waals surface area contributed by atoms with Gasteiger partial charge in [0.2, 0.25) is 0 Å². The lowest BCUT2D eigenvalue weighted by molar-refractivity contribution is 0.603. The number of anilines is 3. The number of aromatic nitrogens is 1. The molecule has 0 bridgehead atoms. The molecule has 3 aromatic heterocycles. The second-order valence-corrected chi connectivity index (χ2v) is 14.7. The fraction of sp³-hybridized carbons (Fsp3) is 0.0196. The Kier molecular flexibility index (Phi) is 8.05. The van der Waals surface area contributed by atoms with Crippen LogP contribution in [0.25, 0.3) is 82.3 Å². The number of nitrogens with zero attached hydrogens (tertiary/aromatic N) is 2. The van der Waals surface area contributed by atoms with Gasteiger partial charge in [-0.25, -0.2) is 0 Å². The third kappa shape index (κ3) is 5.41. The molecule has 0 aliphatic rings. The minimum absolute atomic E-state index is 0.802. The Morgan fingerprint density at radius 1 is 0.618 bits per heavy atom. The zero-order valence-corrected chi connectivity index (χ0v) is 31.1. The van der Waals surface area contributed by atoms with Gasteiger partial charge in [0.05, 0.1) is 26.8 Å². The van der Waals surface area contributed by atoms with E-state index >= 15 is 0 Å². The normalized spacial score (nSPS) is 11.7. The largest absolute Gasteiger partial charge is 0.456 e. The molecule has 0 aliphatic heterocycles. The Labute approximate surface area is 324 Å². The van der Waals surface area contributed by atoms with Crippen molar-refractivity contribution < 1.29 is 4.42 Å². The van der Waals surface area contributed by atoms with E-state index in [1.807, 2.05) is 42.6 Å². The molecule has 10 rings (SSSR count). The van der Waals surface area contributed by atoms with E-state index in [4.69, 9.17) is 4.42 Å². The first kappa shape index (κ1) is 32.7. The second-order valence-electron chi connectivity index (χ2n) is 13.7. The van der Waals surface area contributed by atoms with Crippen molar-refractivity contribution in [3.63, 3.8) is 0 Å². The van der Waals surface area contributed by atoms with Crippen LogP contribution in [0.5, 0.6) is 0 Å². The molecule has 3 heterocycles. The zero-order valence-electron chi connectivity index (χ0n) is 30.3. The maximum Gasteiger partial charge on any atom is 0.137 e. The Hall–Kier alpha value is -6.88. The van der Waals surface area contributed by atoms with Crippen molar-refractivity contribution in [3.05, 3.63) is 194 Å². The van der Waals surface area contributed by atoms with Gasteiger partial charge < -0.3 is 13.9 Å². The van der Waals surface area contributed by atoms with Gasteiger partial charge in [-0.2, -0.15) is 0 Å². The average Bonchev–Trinajstić information content (AvgIpc) is 3.91. The number of fused-ring (bicyclic) bond motifs is 6. The number of hydrogen-bond acceptors (Lipinski definition) is 3. The molecule has 10 aromatic rings. The van der Waals surface area contributed by atoms with E-state index in [0.29, 0.717) is 0 Å². The van der Waals surface area contributed by atoms with Crippen LogP contribution in [0.2, 0.25) is 0 Å². The fourth-order valence-electron chi connectivity index (χ4n) is 8.07. The van der Waals surface area contributed by atoms with Crippen molar-refractivity contribution in [2.45, 2.75) is 6.92 Å². The van der Waals surface area contributed by atoms with Crippen molar-refractivity contribution in [1.82, 2.24) is 4.57 Å². The van der Waals surface area contributed by atoms with Crippen LogP contribution in [0.1, 0.15) is 18.2 Å². The van der Waals surface area contributed by atoms with E-state index in [-0.39, 0.29) is 0 Å². The zero-order chi connectivity index (χ0) is 36.9. The summed E-state index contributed by atoms with van der Waals surface area (Å²) in [6.45, 7) is 6.22. The van der Waals surface area contributed by atoms with Crippen LogP contribution in [-0.4, -0.2) is 4.57 Å².